The lowest BCUT2D eigenvalue weighted by Gasteiger charge is -2.16. The zero-order valence-corrected chi connectivity index (χ0v) is 15.6. The van der Waals surface area contributed by atoms with Gasteiger partial charge in [0.1, 0.15) is 18.1 Å². The molecule has 0 radical (unpaired) electrons. The third-order valence-electron chi connectivity index (χ3n) is 3.48. The first-order valence-corrected chi connectivity index (χ1v) is 9.31. The first-order chi connectivity index (χ1) is 12.4. The van der Waals surface area contributed by atoms with E-state index in [4.69, 9.17) is 9.47 Å². The van der Waals surface area contributed by atoms with Crippen molar-refractivity contribution in [3.05, 3.63) is 54.1 Å². The minimum atomic E-state index is -3.80. The van der Waals surface area contributed by atoms with Gasteiger partial charge in [0.15, 0.2) is 0 Å². The smallest absolute Gasteiger partial charge is 0.337 e. The summed E-state index contributed by atoms with van der Waals surface area (Å²) < 4.78 is 42.7. The molecule has 0 fully saturated rings. The minimum absolute atomic E-state index is 0.0169. The second-order valence-corrected chi connectivity index (χ2v) is 7.24. The van der Waals surface area contributed by atoms with Crippen molar-refractivity contribution in [3.63, 3.8) is 0 Å². The van der Waals surface area contributed by atoms with Crippen LogP contribution in [0.25, 0.3) is 0 Å². The van der Waals surface area contributed by atoms with Gasteiger partial charge >= 0.3 is 5.97 Å². The molecule has 2 aromatic carbocycles. The molecule has 1 N–H and O–H groups in total. The van der Waals surface area contributed by atoms with Crippen LogP contribution in [-0.2, 0) is 14.8 Å². The van der Waals surface area contributed by atoms with Crippen molar-refractivity contribution in [2.75, 3.05) is 20.8 Å². The number of methoxy groups -OCH3 is 2. The molecule has 1 unspecified atom stereocenters. The molecule has 2 aromatic rings. The Bertz CT molecular complexity index is 848. The molecule has 0 aliphatic heterocycles. The van der Waals surface area contributed by atoms with Crippen molar-refractivity contribution in [1.82, 2.24) is 4.72 Å². The fourth-order valence-corrected chi connectivity index (χ4v) is 3.44. The van der Waals surface area contributed by atoms with E-state index < -0.39 is 22.0 Å². The standard InChI is InChI=1S/C18H21NO6S/c1-13(12-25-16-9-7-15(23-2)8-10-16)19-26(21,22)17-6-4-5-14(11-17)18(20)24-3/h4-11,13,19H,12H2,1-3H3. The number of rotatable bonds is 8. The molecule has 8 heteroatoms. The highest BCUT2D eigenvalue weighted by Gasteiger charge is 2.19. The highest BCUT2D eigenvalue weighted by atomic mass is 32.2. The Labute approximate surface area is 152 Å². The number of carbonyl (C=O) groups is 1. The second-order valence-electron chi connectivity index (χ2n) is 5.53. The third-order valence-corrected chi connectivity index (χ3v) is 5.07. The molecule has 0 saturated carbocycles. The average Bonchev–Trinajstić information content (AvgIpc) is 2.66. The van der Waals surface area contributed by atoms with Crippen LogP contribution in [-0.4, -0.2) is 41.3 Å². The van der Waals surface area contributed by atoms with Crippen molar-refractivity contribution >= 4 is 16.0 Å². The largest absolute Gasteiger partial charge is 0.497 e. The number of nitrogens with one attached hydrogen (secondary N) is 1. The van der Waals surface area contributed by atoms with Crippen molar-refractivity contribution < 1.29 is 27.4 Å². The average molecular weight is 379 g/mol. The van der Waals surface area contributed by atoms with E-state index in [0.29, 0.717) is 11.5 Å². The molecular formula is C18H21NO6S. The second kappa shape index (κ2) is 8.68. The predicted molar refractivity (Wildman–Crippen MR) is 96.1 cm³/mol. The van der Waals surface area contributed by atoms with Crippen LogP contribution in [0, 0.1) is 0 Å². The zero-order chi connectivity index (χ0) is 19.2. The molecule has 0 heterocycles. The maximum absolute atomic E-state index is 12.5. The Kier molecular flexibility index (Phi) is 6.59. The van der Waals surface area contributed by atoms with E-state index in [2.05, 4.69) is 9.46 Å². The van der Waals surface area contributed by atoms with Crippen molar-refractivity contribution in [1.29, 1.82) is 0 Å². The van der Waals surface area contributed by atoms with Crippen LogP contribution in [0.5, 0.6) is 11.5 Å². The van der Waals surface area contributed by atoms with Gasteiger partial charge in [-0.3, -0.25) is 0 Å². The molecular weight excluding hydrogens is 358 g/mol. The number of carbonyl (C=O) groups excluding carboxylic acids is 1. The maximum Gasteiger partial charge on any atom is 0.337 e. The fourth-order valence-electron chi connectivity index (χ4n) is 2.17. The van der Waals surface area contributed by atoms with Gasteiger partial charge in [0.05, 0.1) is 30.7 Å². The minimum Gasteiger partial charge on any atom is -0.497 e. The monoisotopic (exact) mass is 379 g/mol. The third kappa shape index (κ3) is 5.21. The molecule has 0 saturated heterocycles. The normalized spacial score (nSPS) is 12.3. The molecule has 1 atom stereocenters. The van der Waals surface area contributed by atoms with Crippen LogP contribution in [0.1, 0.15) is 17.3 Å². The first kappa shape index (κ1) is 19.7. The zero-order valence-electron chi connectivity index (χ0n) is 14.8. The predicted octanol–water partition coefficient (Wildman–Crippen LogP) is 2.23. The highest BCUT2D eigenvalue weighted by Crippen LogP contribution is 2.17. The van der Waals surface area contributed by atoms with Gasteiger partial charge < -0.3 is 14.2 Å². The summed E-state index contributed by atoms with van der Waals surface area (Å²) >= 11 is 0. The Hall–Kier alpha value is -2.58. The lowest BCUT2D eigenvalue weighted by atomic mass is 10.2. The molecule has 0 aromatic heterocycles. The number of sulfonamides is 1. The molecule has 7 nitrogen and oxygen atoms in total. The number of esters is 1. The topological polar surface area (TPSA) is 90.9 Å². The Morgan fingerprint density at radius 3 is 2.35 bits per heavy atom. The number of ether oxygens (including phenoxy) is 3. The van der Waals surface area contributed by atoms with E-state index in [1.54, 1.807) is 38.3 Å². The van der Waals surface area contributed by atoms with Crippen LogP contribution >= 0.6 is 0 Å². The summed E-state index contributed by atoms with van der Waals surface area (Å²) in [5, 5.41) is 0. The van der Waals surface area contributed by atoms with Crippen molar-refractivity contribution in [2.24, 2.45) is 0 Å². The fraction of sp³-hybridized carbons (Fsp3) is 0.278. The van der Waals surface area contributed by atoms with Crippen molar-refractivity contribution in [3.8, 4) is 11.5 Å². The maximum atomic E-state index is 12.5. The molecule has 0 spiro atoms. The van der Waals surface area contributed by atoms with Gasteiger partial charge in [-0.05, 0) is 49.4 Å². The summed E-state index contributed by atoms with van der Waals surface area (Å²) in [6.07, 6.45) is 0. The molecule has 2 rings (SSSR count). The van der Waals surface area contributed by atoms with Gasteiger partial charge in [0.25, 0.3) is 0 Å². The summed E-state index contributed by atoms with van der Waals surface area (Å²) in [6.45, 7) is 1.83. The summed E-state index contributed by atoms with van der Waals surface area (Å²) in [5.74, 6) is 0.707. The van der Waals surface area contributed by atoms with E-state index in [9.17, 15) is 13.2 Å². The van der Waals surface area contributed by atoms with Gasteiger partial charge in [-0.2, -0.15) is 0 Å². The quantitative estimate of drug-likeness (QED) is 0.708. The van der Waals surface area contributed by atoms with Gasteiger partial charge in [-0.25, -0.2) is 17.9 Å². The molecule has 0 bridgehead atoms. The Morgan fingerprint density at radius 1 is 1.08 bits per heavy atom. The van der Waals surface area contributed by atoms with E-state index in [1.807, 2.05) is 0 Å². The summed E-state index contributed by atoms with van der Waals surface area (Å²) in [7, 11) is -0.989. The SMILES string of the molecule is COC(=O)c1cccc(S(=O)(=O)NC(C)COc2ccc(OC)cc2)c1. The molecule has 140 valence electrons. The molecule has 0 aliphatic rings. The van der Waals surface area contributed by atoms with Crippen LogP contribution in [0.3, 0.4) is 0 Å². The Balaban J connectivity index is 2.00. The molecule has 0 amide bonds. The van der Waals surface area contributed by atoms with Crippen LogP contribution in [0.4, 0.5) is 0 Å². The lowest BCUT2D eigenvalue weighted by molar-refractivity contribution is 0.0600. The van der Waals surface area contributed by atoms with Gasteiger partial charge in [-0.1, -0.05) is 6.07 Å². The number of benzene rings is 2. The van der Waals surface area contributed by atoms with Crippen LogP contribution in [0.2, 0.25) is 0 Å². The number of hydrogen-bond donors (Lipinski definition) is 1. The summed E-state index contributed by atoms with van der Waals surface area (Å²) in [4.78, 5) is 11.5. The highest BCUT2D eigenvalue weighted by molar-refractivity contribution is 7.89. The van der Waals surface area contributed by atoms with E-state index in [-0.39, 0.29) is 17.1 Å². The van der Waals surface area contributed by atoms with Gasteiger partial charge in [-0.15, -0.1) is 0 Å². The van der Waals surface area contributed by atoms with E-state index in [1.165, 1.54) is 31.4 Å². The lowest BCUT2D eigenvalue weighted by Crippen LogP contribution is -2.36. The van der Waals surface area contributed by atoms with Gasteiger partial charge in [0.2, 0.25) is 10.0 Å². The number of hydrogen-bond acceptors (Lipinski definition) is 6. The summed E-state index contributed by atoms with van der Waals surface area (Å²) in [6, 6.07) is 12.1. The van der Waals surface area contributed by atoms with Crippen LogP contribution in [0.15, 0.2) is 53.4 Å². The molecule has 0 aliphatic carbocycles. The van der Waals surface area contributed by atoms with Crippen LogP contribution < -0.4 is 14.2 Å². The van der Waals surface area contributed by atoms with Gasteiger partial charge in [0, 0.05) is 0 Å². The van der Waals surface area contributed by atoms with E-state index in [0.717, 1.165) is 0 Å². The van der Waals surface area contributed by atoms with E-state index >= 15 is 0 Å². The molecule has 26 heavy (non-hydrogen) atoms. The van der Waals surface area contributed by atoms with Crippen molar-refractivity contribution in [2.45, 2.75) is 17.9 Å². The summed E-state index contributed by atoms with van der Waals surface area (Å²) in [5.41, 5.74) is 0.164. The Morgan fingerprint density at radius 2 is 1.73 bits per heavy atom. The first-order valence-electron chi connectivity index (χ1n) is 7.83.